The maximum Gasteiger partial charge on any atom is 0.233 e. The number of aromatic nitrogens is 3. The van der Waals surface area contributed by atoms with E-state index in [9.17, 15) is 4.79 Å². The number of nitrogens with zero attached hydrogens (tertiary/aromatic N) is 4. The van der Waals surface area contributed by atoms with E-state index in [1.54, 1.807) is 43.0 Å². The number of benzene rings is 1. The molecule has 9 heteroatoms. The molecule has 0 aliphatic heterocycles. The third-order valence-corrected chi connectivity index (χ3v) is 5.33. The van der Waals surface area contributed by atoms with E-state index in [1.807, 2.05) is 41.0 Å². The molecule has 0 fully saturated rings. The zero-order valence-corrected chi connectivity index (χ0v) is 17.1. The molecule has 1 aromatic carbocycles. The van der Waals surface area contributed by atoms with Crippen molar-refractivity contribution in [2.24, 2.45) is 0 Å². The molecule has 0 radical (unpaired) electrons. The fourth-order valence-electron chi connectivity index (χ4n) is 2.87. The first kappa shape index (κ1) is 19.8. The smallest absolute Gasteiger partial charge is 0.233 e. The number of thioether (sulfide) groups is 1. The Morgan fingerprint density at radius 3 is 2.30 bits per heavy atom. The highest BCUT2D eigenvalue weighted by atomic mass is 32.2. The van der Waals surface area contributed by atoms with Crippen LogP contribution in [-0.4, -0.2) is 38.4 Å². The molecule has 3 aromatic heterocycles. The summed E-state index contributed by atoms with van der Waals surface area (Å²) >= 11 is 1.33. The quantitative estimate of drug-likeness (QED) is 0.378. The van der Waals surface area contributed by atoms with Gasteiger partial charge < -0.3 is 18.5 Å². The highest BCUT2D eigenvalue weighted by Crippen LogP contribution is 2.22. The van der Waals surface area contributed by atoms with Crippen LogP contribution in [0.3, 0.4) is 0 Å². The van der Waals surface area contributed by atoms with Gasteiger partial charge in [0.25, 0.3) is 0 Å². The number of furan rings is 2. The van der Waals surface area contributed by atoms with Gasteiger partial charge in [0.05, 0.1) is 38.5 Å². The van der Waals surface area contributed by atoms with Crippen molar-refractivity contribution in [1.29, 1.82) is 0 Å². The highest BCUT2D eigenvalue weighted by molar-refractivity contribution is 7.99. The summed E-state index contributed by atoms with van der Waals surface area (Å²) in [7, 11) is 1.62. The number of carbonyl (C=O) groups excluding carboxylic acids is 1. The van der Waals surface area contributed by atoms with E-state index in [1.165, 1.54) is 11.8 Å². The SMILES string of the molecule is COc1ccc(-n2cnnc2SCC(=O)N(Cc2ccco2)Cc2ccco2)cc1. The molecule has 0 saturated heterocycles. The van der Waals surface area contributed by atoms with Gasteiger partial charge in [-0.15, -0.1) is 10.2 Å². The van der Waals surface area contributed by atoms with Gasteiger partial charge in [-0.2, -0.15) is 0 Å². The molecule has 0 saturated carbocycles. The second-order valence-corrected chi connectivity index (χ2v) is 7.32. The minimum Gasteiger partial charge on any atom is -0.497 e. The van der Waals surface area contributed by atoms with Crippen LogP contribution < -0.4 is 4.74 Å². The molecule has 0 unspecified atom stereocenters. The van der Waals surface area contributed by atoms with Crippen molar-refractivity contribution in [2.75, 3.05) is 12.9 Å². The summed E-state index contributed by atoms with van der Waals surface area (Å²) in [5.74, 6) is 2.33. The summed E-state index contributed by atoms with van der Waals surface area (Å²) in [6.45, 7) is 0.719. The number of hydrogen-bond acceptors (Lipinski definition) is 7. The summed E-state index contributed by atoms with van der Waals surface area (Å²) < 4.78 is 17.9. The van der Waals surface area contributed by atoms with Crippen LogP contribution in [0.25, 0.3) is 5.69 Å². The van der Waals surface area contributed by atoms with Crippen LogP contribution in [0.4, 0.5) is 0 Å². The Balaban J connectivity index is 1.44. The van der Waals surface area contributed by atoms with Gasteiger partial charge in [0, 0.05) is 5.69 Å². The molecule has 0 bridgehead atoms. The van der Waals surface area contributed by atoms with E-state index < -0.39 is 0 Å². The molecule has 4 rings (SSSR count). The van der Waals surface area contributed by atoms with Gasteiger partial charge >= 0.3 is 0 Å². The first-order chi connectivity index (χ1) is 14.7. The standard InChI is InChI=1S/C21H20N4O4S/c1-27-17-8-6-16(7-9-17)25-15-22-23-21(25)30-14-20(26)24(12-18-4-2-10-28-18)13-19-5-3-11-29-19/h2-11,15H,12-14H2,1H3. The van der Waals surface area contributed by atoms with Crippen LogP contribution in [0.5, 0.6) is 5.75 Å². The Morgan fingerprint density at radius 2 is 1.73 bits per heavy atom. The molecule has 8 nitrogen and oxygen atoms in total. The Kier molecular flexibility index (Phi) is 6.19. The first-order valence-electron chi connectivity index (χ1n) is 9.22. The molecule has 0 N–H and O–H groups in total. The normalized spacial score (nSPS) is 10.8. The van der Waals surface area contributed by atoms with E-state index in [0.717, 1.165) is 11.4 Å². The zero-order valence-electron chi connectivity index (χ0n) is 16.3. The van der Waals surface area contributed by atoms with Crippen molar-refractivity contribution in [3.63, 3.8) is 0 Å². The van der Waals surface area contributed by atoms with Gasteiger partial charge in [-0.05, 0) is 48.5 Å². The molecular weight excluding hydrogens is 404 g/mol. The Hall–Kier alpha value is -3.46. The van der Waals surface area contributed by atoms with Crippen molar-refractivity contribution >= 4 is 17.7 Å². The maximum atomic E-state index is 13.0. The number of ether oxygens (including phenoxy) is 1. The lowest BCUT2D eigenvalue weighted by Gasteiger charge is -2.20. The van der Waals surface area contributed by atoms with E-state index in [4.69, 9.17) is 13.6 Å². The van der Waals surface area contributed by atoms with Gasteiger partial charge in [-0.3, -0.25) is 9.36 Å². The molecule has 3 heterocycles. The molecule has 0 spiro atoms. The van der Waals surface area contributed by atoms with Crippen molar-refractivity contribution in [3.8, 4) is 11.4 Å². The average molecular weight is 424 g/mol. The molecule has 0 aliphatic rings. The number of hydrogen-bond donors (Lipinski definition) is 0. The number of rotatable bonds is 9. The Bertz CT molecular complexity index is 1020. The van der Waals surface area contributed by atoms with Crippen LogP contribution in [0.1, 0.15) is 11.5 Å². The van der Waals surface area contributed by atoms with Crippen LogP contribution >= 0.6 is 11.8 Å². The van der Waals surface area contributed by atoms with Gasteiger partial charge in [-0.25, -0.2) is 0 Å². The largest absolute Gasteiger partial charge is 0.497 e. The van der Waals surface area contributed by atoms with Crippen LogP contribution in [0.2, 0.25) is 0 Å². The van der Waals surface area contributed by atoms with Crippen LogP contribution in [0.15, 0.2) is 81.4 Å². The summed E-state index contributed by atoms with van der Waals surface area (Å²) in [4.78, 5) is 14.7. The predicted octanol–water partition coefficient (Wildman–Crippen LogP) is 3.78. The third-order valence-electron chi connectivity index (χ3n) is 4.40. The van der Waals surface area contributed by atoms with Crippen molar-refractivity contribution in [1.82, 2.24) is 19.7 Å². The van der Waals surface area contributed by atoms with Crippen molar-refractivity contribution in [3.05, 3.63) is 78.9 Å². The van der Waals surface area contributed by atoms with Gasteiger partial charge in [-0.1, -0.05) is 11.8 Å². The number of amides is 1. The van der Waals surface area contributed by atoms with Gasteiger partial charge in [0.1, 0.15) is 23.6 Å². The lowest BCUT2D eigenvalue weighted by Crippen LogP contribution is -2.31. The van der Waals surface area contributed by atoms with Gasteiger partial charge in [0.2, 0.25) is 5.91 Å². The zero-order chi connectivity index (χ0) is 20.8. The minimum atomic E-state index is -0.0583. The maximum absolute atomic E-state index is 13.0. The summed E-state index contributed by atoms with van der Waals surface area (Å²) in [5.41, 5.74) is 0.888. The first-order valence-corrected chi connectivity index (χ1v) is 10.2. The number of carbonyl (C=O) groups is 1. The molecule has 0 atom stereocenters. The third kappa shape index (κ3) is 4.74. The second-order valence-electron chi connectivity index (χ2n) is 6.38. The molecule has 30 heavy (non-hydrogen) atoms. The fraction of sp³-hybridized carbons (Fsp3) is 0.190. The lowest BCUT2D eigenvalue weighted by atomic mass is 10.3. The lowest BCUT2D eigenvalue weighted by molar-refractivity contribution is -0.130. The van der Waals surface area contributed by atoms with Crippen molar-refractivity contribution < 1.29 is 18.4 Å². The average Bonchev–Trinajstić information content (AvgIpc) is 3.54. The summed E-state index contributed by atoms with van der Waals surface area (Å²) in [5, 5.41) is 8.78. The topological polar surface area (TPSA) is 86.5 Å². The van der Waals surface area contributed by atoms with E-state index in [-0.39, 0.29) is 11.7 Å². The van der Waals surface area contributed by atoms with Crippen LogP contribution in [-0.2, 0) is 17.9 Å². The van der Waals surface area contributed by atoms with E-state index in [2.05, 4.69) is 10.2 Å². The highest BCUT2D eigenvalue weighted by Gasteiger charge is 2.19. The van der Waals surface area contributed by atoms with E-state index in [0.29, 0.717) is 29.8 Å². The van der Waals surface area contributed by atoms with E-state index >= 15 is 0 Å². The Labute approximate surface area is 177 Å². The predicted molar refractivity (Wildman–Crippen MR) is 110 cm³/mol. The minimum absolute atomic E-state index is 0.0583. The van der Waals surface area contributed by atoms with Crippen LogP contribution in [0, 0.1) is 0 Å². The monoisotopic (exact) mass is 424 g/mol. The Morgan fingerprint density at radius 1 is 1.07 bits per heavy atom. The fourth-order valence-corrected chi connectivity index (χ4v) is 3.71. The second kappa shape index (κ2) is 9.36. The summed E-state index contributed by atoms with van der Waals surface area (Å²) in [6.07, 6.45) is 4.81. The molecule has 1 amide bonds. The van der Waals surface area contributed by atoms with Gasteiger partial charge in [0.15, 0.2) is 5.16 Å². The molecule has 154 valence electrons. The van der Waals surface area contributed by atoms with Crippen molar-refractivity contribution in [2.45, 2.75) is 18.2 Å². The number of methoxy groups -OCH3 is 1. The summed E-state index contributed by atoms with van der Waals surface area (Å²) in [6, 6.07) is 14.8. The molecule has 4 aromatic rings. The molecular formula is C21H20N4O4S. The molecule has 0 aliphatic carbocycles.